The van der Waals surface area contributed by atoms with Crippen molar-refractivity contribution in [2.24, 2.45) is 0 Å². The quantitative estimate of drug-likeness (QED) is 0.374. The van der Waals surface area contributed by atoms with Crippen LogP contribution in [0, 0.1) is 0 Å². The van der Waals surface area contributed by atoms with Crippen molar-refractivity contribution in [3.63, 3.8) is 0 Å². The number of methoxy groups -OCH3 is 1. The van der Waals surface area contributed by atoms with E-state index in [0.29, 0.717) is 52.4 Å². The number of carbonyl (C=O) groups excluding carboxylic acids is 2. The molecular weight excluding hydrogens is 460 g/mol. The highest BCUT2D eigenvalue weighted by atomic mass is 35.5. The standard InChI is InChI=1S/C24H25ClN4O5/c1-4-12-29-24(32)17-9-7-6-8-16(17)21(28-29)23(31)27-26-20(30)11-10-15-13-18(25)22(33-3)19(14-15)34-5-2/h6-11,13-14H,4-5,12H2,1-3H3,(H,26,30)(H,27,31)/b11-10+. The molecule has 2 amide bonds. The number of nitrogens with zero attached hydrogens (tertiary/aromatic N) is 2. The maximum Gasteiger partial charge on any atom is 0.290 e. The summed E-state index contributed by atoms with van der Waals surface area (Å²) in [4.78, 5) is 37.6. The molecule has 2 aromatic carbocycles. The van der Waals surface area contributed by atoms with Crippen LogP contribution in [0.4, 0.5) is 0 Å². The van der Waals surface area contributed by atoms with Crippen molar-refractivity contribution in [2.75, 3.05) is 13.7 Å². The van der Waals surface area contributed by atoms with E-state index in [-0.39, 0.29) is 11.3 Å². The van der Waals surface area contributed by atoms with E-state index in [0.717, 1.165) is 0 Å². The van der Waals surface area contributed by atoms with Gasteiger partial charge in [0.05, 0.1) is 24.1 Å². The number of nitrogens with one attached hydrogen (secondary N) is 2. The van der Waals surface area contributed by atoms with Crippen LogP contribution in [0.1, 0.15) is 36.3 Å². The van der Waals surface area contributed by atoms with Crippen molar-refractivity contribution in [1.29, 1.82) is 0 Å². The molecule has 0 atom stereocenters. The predicted octanol–water partition coefficient (Wildman–Crippen LogP) is 3.34. The summed E-state index contributed by atoms with van der Waals surface area (Å²) in [6.45, 7) is 4.52. The molecule has 1 heterocycles. The second kappa shape index (κ2) is 11.3. The van der Waals surface area contributed by atoms with Crippen molar-refractivity contribution in [1.82, 2.24) is 20.6 Å². The molecule has 1 aromatic heterocycles. The number of hydrazine groups is 1. The minimum atomic E-state index is -0.645. The van der Waals surface area contributed by atoms with Crippen LogP contribution < -0.4 is 25.9 Å². The van der Waals surface area contributed by atoms with E-state index in [1.807, 2.05) is 13.8 Å². The number of rotatable bonds is 8. The number of fused-ring (bicyclic) bond motifs is 1. The van der Waals surface area contributed by atoms with Crippen LogP contribution in [0.3, 0.4) is 0 Å². The Morgan fingerprint density at radius 2 is 1.88 bits per heavy atom. The highest BCUT2D eigenvalue weighted by Crippen LogP contribution is 2.36. The van der Waals surface area contributed by atoms with E-state index >= 15 is 0 Å². The molecular formula is C24H25ClN4O5. The van der Waals surface area contributed by atoms with E-state index in [9.17, 15) is 14.4 Å². The summed E-state index contributed by atoms with van der Waals surface area (Å²) in [6.07, 6.45) is 3.43. The Kier molecular flexibility index (Phi) is 8.26. The van der Waals surface area contributed by atoms with E-state index in [4.69, 9.17) is 21.1 Å². The van der Waals surface area contributed by atoms with Gasteiger partial charge in [-0.25, -0.2) is 4.68 Å². The number of hydrogen-bond donors (Lipinski definition) is 2. The number of amides is 2. The van der Waals surface area contributed by atoms with Gasteiger partial charge in [0.25, 0.3) is 17.4 Å². The highest BCUT2D eigenvalue weighted by Gasteiger charge is 2.17. The molecule has 0 aliphatic rings. The number of halogens is 1. The second-order valence-electron chi connectivity index (χ2n) is 7.17. The summed E-state index contributed by atoms with van der Waals surface area (Å²) >= 11 is 6.22. The van der Waals surface area contributed by atoms with Crippen molar-refractivity contribution in [3.8, 4) is 11.5 Å². The second-order valence-corrected chi connectivity index (χ2v) is 7.57. The van der Waals surface area contributed by atoms with Gasteiger partial charge in [-0.3, -0.25) is 25.2 Å². The topological polar surface area (TPSA) is 112 Å². The van der Waals surface area contributed by atoms with E-state index in [1.165, 1.54) is 23.9 Å². The molecule has 3 rings (SSSR count). The molecule has 0 radical (unpaired) electrons. The first kappa shape index (κ1) is 24.8. The first-order valence-corrected chi connectivity index (χ1v) is 11.1. The van der Waals surface area contributed by atoms with Crippen LogP contribution in [0.2, 0.25) is 5.02 Å². The van der Waals surface area contributed by atoms with Gasteiger partial charge in [-0.1, -0.05) is 36.7 Å². The fourth-order valence-electron chi connectivity index (χ4n) is 3.30. The molecule has 178 valence electrons. The largest absolute Gasteiger partial charge is 0.491 e. The zero-order valence-corrected chi connectivity index (χ0v) is 19.8. The Balaban J connectivity index is 1.75. The molecule has 0 fully saturated rings. The Morgan fingerprint density at radius 3 is 2.56 bits per heavy atom. The highest BCUT2D eigenvalue weighted by molar-refractivity contribution is 6.32. The molecule has 34 heavy (non-hydrogen) atoms. The average Bonchev–Trinajstić information content (AvgIpc) is 2.83. The minimum absolute atomic E-state index is 0.0382. The molecule has 3 aromatic rings. The third-order valence-corrected chi connectivity index (χ3v) is 5.06. The summed E-state index contributed by atoms with van der Waals surface area (Å²) in [6, 6.07) is 10.0. The molecule has 0 saturated carbocycles. The van der Waals surface area contributed by atoms with Crippen LogP contribution in [-0.2, 0) is 11.3 Å². The Morgan fingerprint density at radius 1 is 1.15 bits per heavy atom. The first-order valence-electron chi connectivity index (χ1n) is 10.7. The normalized spacial score (nSPS) is 10.9. The summed E-state index contributed by atoms with van der Waals surface area (Å²) in [7, 11) is 1.49. The van der Waals surface area contributed by atoms with Crippen molar-refractivity contribution >= 4 is 40.3 Å². The number of carbonyl (C=O) groups is 2. The Bertz CT molecular complexity index is 1300. The van der Waals surface area contributed by atoms with Crippen LogP contribution in [0.25, 0.3) is 16.8 Å². The third kappa shape index (κ3) is 5.55. The van der Waals surface area contributed by atoms with Crippen LogP contribution >= 0.6 is 11.6 Å². The van der Waals surface area contributed by atoms with Gasteiger partial charge >= 0.3 is 0 Å². The van der Waals surface area contributed by atoms with Gasteiger partial charge in [-0.2, -0.15) is 5.10 Å². The number of aryl methyl sites for hydroxylation is 1. The fraction of sp³-hybridized carbons (Fsp3) is 0.250. The molecule has 0 saturated heterocycles. The fourth-order valence-corrected chi connectivity index (χ4v) is 3.60. The van der Waals surface area contributed by atoms with Gasteiger partial charge in [-0.05, 0) is 43.2 Å². The van der Waals surface area contributed by atoms with Gasteiger partial charge in [-0.15, -0.1) is 0 Å². The third-order valence-electron chi connectivity index (χ3n) is 4.78. The molecule has 0 bridgehead atoms. The lowest BCUT2D eigenvalue weighted by atomic mass is 10.1. The van der Waals surface area contributed by atoms with Gasteiger partial charge in [0, 0.05) is 18.0 Å². The van der Waals surface area contributed by atoms with Crippen molar-refractivity contribution in [2.45, 2.75) is 26.8 Å². The van der Waals surface area contributed by atoms with E-state index in [2.05, 4.69) is 16.0 Å². The maximum absolute atomic E-state index is 12.8. The lowest BCUT2D eigenvalue weighted by molar-refractivity contribution is -0.117. The van der Waals surface area contributed by atoms with Gasteiger partial charge in [0.1, 0.15) is 0 Å². The van der Waals surface area contributed by atoms with Crippen LogP contribution in [-0.4, -0.2) is 35.3 Å². The van der Waals surface area contributed by atoms with Crippen molar-refractivity contribution in [3.05, 3.63) is 69.1 Å². The molecule has 0 unspecified atom stereocenters. The van der Waals surface area contributed by atoms with Crippen LogP contribution in [0.15, 0.2) is 47.3 Å². The zero-order valence-electron chi connectivity index (χ0n) is 19.1. The number of aromatic nitrogens is 2. The van der Waals surface area contributed by atoms with E-state index in [1.54, 1.807) is 36.4 Å². The number of benzene rings is 2. The molecule has 10 heteroatoms. The lowest BCUT2D eigenvalue weighted by Gasteiger charge is -2.12. The monoisotopic (exact) mass is 484 g/mol. The zero-order chi connectivity index (χ0) is 24.7. The first-order chi connectivity index (χ1) is 16.4. The Hall–Kier alpha value is -3.85. The SMILES string of the molecule is CCCn1nc(C(=O)NNC(=O)/C=C/c2cc(Cl)c(OC)c(OCC)c2)c2ccccc2c1=O. The molecule has 2 N–H and O–H groups in total. The Labute approximate surface area is 201 Å². The van der Waals surface area contributed by atoms with E-state index < -0.39 is 11.8 Å². The molecule has 0 spiro atoms. The summed E-state index contributed by atoms with van der Waals surface area (Å²) in [5.74, 6) is -0.370. The molecule has 0 aliphatic heterocycles. The molecule has 9 nitrogen and oxygen atoms in total. The number of hydrogen-bond acceptors (Lipinski definition) is 6. The smallest absolute Gasteiger partial charge is 0.290 e. The van der Waals surface area contributed by atoms with Gasteiger partial charge < -0.3 is 9.47 Å². The minimum Gasteiger partial charge on any atom is -0.491 e. The number of ether oxygens (including phenoxy) is 2. The predicted molar refractivity (Wildman–Crippen MR) is 130 cm³/mol. The average molecular weight is 485 g/mol. The van der Waals surface area contributed by atoms with Gasteiger partial charge in [0.15, 0.2) is 17.2 Å². The lowest BCUT2D eigenvalue weighted by Crippen LogP contribution is -2.42. The summed E-state index contributed by atoms with van der Waals surface area (Å²) in [5, 5.41) is 5.31. The summed E-state index contributed by atoms with van der Waals surface area (Å²) < 4.78 is 12.0. The van der Waals surface area contributed by atoms with Crippen LogP contribution in [0.5, 0.6) is 11.5 Å². The van der Waals surface area contributed by atoms with Gasteiger partial charge in [0.2, 0.25) is 0 Å². The summed E-state index contributed by atoms with van der Waals surface area (Å²) in [5.41, 5.74) is 5.03. The molecule has 0 aliphatic carbocycles. The van der Waals surface area contributed by atoms with Crippen molar-refractivity contribution < 1.29 is 19.1 Å². The maximum atomic E-state index is 12.8.